The van der Waals surface area contributed by atoms with Crippen molar-refractivity contribution in [2.75, 3.05) is 0 Å². The summed E-state index contributed by atoms with van der Waals surface area (Å²) in [5, 5.41) is 9.35. The molecule has 2 nitrogen and oxygen atoms in total. The maximum Gasteiger partial charge on any atom is 0.303 e. The van der Waals surface area contributed by atoms with Crippen molar-refractivity contribution < 1.29 is 9.90 Å². The molecule has 0 atom stereocenters. The number of carboxylic acids is 1. The lowest BCUT2D eigenvalue weighted by Crippen LogP contribution is -2.02. The molecule has 0 fully saturated rings. The Hall–Kier alpha value is -3.17. The van der Waals surface area contributed by atoms with Crippen LogP contribution >= 0.6 is 15.9 Å². The van der Waals surface area contributed by atoms with Crippen LogP contribution < -0.4 is 0 Å². The van der Waals surface area contributed by atoms with Crippen molar-refractivity contribution in [3.63, 3.8) is 0 Å². The van der Waals surface area contributed by atoms with Gasteiger partial charge in [-0.2, -0.15) is 0 Å². The highest BCUT2D eigenvalue weighted by molar-refractivity contribution is 9.10. The molecular weight excluding hydrogens is 436 g/mol. The molecule has 0 amide bonds. The second-order valence-electron chi connectivity index (χ2n) is 7.18. The summed E-state index contributed by atoms with van der Waals surface area (Å²) in [5.41, 5.74) is 7.64. The van der Waals surface area contributed by atoms with E-state index < -0.39 is 5.97 Å². The molecule has 148 valence electrons. The predicted octanol–water partition coefficient (Wildman–Crippen LogP) is 7.47. The molecule has 4 aromatic rings. The number of aliphatic carboxylic acids is 1. The molecule has 4 aromatic carbocycles. The minimum Gasteiger partial charge on any atom is -0.481 e. The summed E-state index contributed by atoms with van der Waals surface area (Å²) in [4.78, 5) is 11.4. The number of rotatable bonds is 6. The van der Waals surface area contributed by atoms with Crippen molar-refractivity contribution in [2.24, 2.45) is 0 Å². The van der Waals surface area contributed by atoms with Crippen LogP contribution in [0.5, 0.6) is 0 Å². The minimum absolute atomic E-state index is 0.0945. The van der Waals surface area contributed by atoms with E-state index in [1.807, 2.05) is 48.5 Å². The van der Waals surface area contributed by atoms with Gasteiger partial charge in [0, 0.05) is 10.9 Å². The van der Waals surface area contributed by atoms with Gasteiger partial charge < -0.3 is 5.11 Å². The van der Waals surface area contributed by atoms with E-state index in [0.717, 1.165) is 43.4 Å². The molecule has 0 aliphatic carbocycles. The highest BCUT2D eigenvalue weighted by Crippen LogP contribution is 2.38. The summed E-state index contributed by atoms with van der Waals surface area (Å²) >= 11 is 3.51. The summed E-state index contributed by atoms with van der Waals surface area (Å²) in [6, 6.07) is 33.0. The fourth-order valence-electron chi connectivity index (χ4n) is 3.73. The van der Waals surface area contributed by atoms with Gasteiger partial charge in [-0.05, 0) is 69.6 Å². The smallest absolute Gasteiger partial charge is 0.303 e. The molecule has 0 saturated carbocycles. The molecule has 30 heavy (non-hydrogen) atoms. The number of carbonyl (C=O) groups is 1. The van der Waals surface area contributed by atoms with Gasteiger partial charge in [-0.3, -0.25) is 4.79 Å². The second-order valence-corrected chi connectivity index (χ2v) is 8.10. The average molecular weight is 457 g/mol. The first-order valence-electron chi connectivity index (χ1n) is 9.87. The normalized spacial score (nSPS) is 10.7. The zero-order chi connectivity index (χ0) is 20.9. The third-order valence-electron chi connectivity index (χ3n) is 5.19. The molecule has 0 spiro atoms. The van der Waals surface area contributed by atoms with Gasteiger partial charge in [-0.25, -0.2) is 0 Å². The highest BCUT2D eigenvalue weighted by Gasteiger charge is 2.16. The Balaban J connectivity index is 1.98. The molecule has 1 N–H and O–H groups in total. The molecule has 0 heterocycles. The third-order valence-corrected chi connectivity index (χ3v) is 5.71. The van der Waals surface area contributed by atoms with Crippen molar-refractivity contribution >= 4 is 21.9 Å². The zero-order valence-electron chi connectivity index (χ0n) is 16.4. The van der Waals surface area contributed by atoms with Crippen LogP contribution in [0.1, 0.15) is 12.0 Å². The number of benzene rings is 4. The molecular formula is C27H21BrO2. The minimum atomic E-state index is -0.787. The van der Waals surface area contributed by atoms with E-state index in [2.05, 4.69) is 64.5 Å². The van der Waals surface area contributed by atoms with Crippen molar-refractivity contribution in [1.82, 2.24) is 0 Å². The maximum atomic E-state index is 11.4. The Bertz CT molecular complexity index is 1090. The number of carboxylic acid groups (broad SMARTS) is 1. The lowest BCUT2D eigenvalue weighted by atomic mass is 9.86. The van der Waals surface area contributed by atoms with Gasteiger partial charge >= 0.3 is 5.97 Å². The quantitative estimate of drug-likeness (QED) is 0.326. The molecule has 3 heteroatoms. The number of hydrogen-bond acceptors (Lipinski definition) is 1. The van der Waals surface area contributed by atoms with Crippen LogP contribution in [0.4, 0.5) is 0 Å². The van der Waals surface area contributed by atoms with Gasteiger partial charge in [0.05, 0.1) is 0 Å². The van der Waals surface area contributed by atoms with E-state index in [1.54, 1.807) is 0 Å². The second kappa shape index (κ2) is 9.10. The topological polar surface area (TPSA) is 37.3 Å². The number of hydrogen-bond donors (Lipinski definition) is 1. The molecule has 0 bridgehead atoms. The van der Waals surface area contributed by atoms with Crippen LogP contribution in [-0.4, -0.2) is 11.1 Å². The van der Waals surface area contributed by atoms with Crippen LogP contribution in [0.3, 0.4) is 0 Å². The molecule has 0 unspecified atom stereocenters. The zero-order valence-corrected chi connectivity index (χ0v) is 18.0. The highest BCUT2D eigenvalue weighted by atomic mass is 79.9. The van der Waals surface area contributed by atoms with Gasteiger partial charge in [0.2, 0.25) is 0 Å². The SMILES string of the molecule is O=C(O)CCc1c(-c2ccccc2)cc(-c2ccc(Br)cc2)cc1-c1ccccc1. The molecule has 0 radical (unpaired) electrons. The third kappa shape index (κ3) is 4.52. The Morgan fingerprint density at radius 1 is 0.667 bits per heavy atom. The Morgan fingerprint density at radius 2 is 1.17 bits per heavy atom. The predicted molar refractivity (Wildman–Crippen MR) is 126 cm³/mol. The van der Waals surface area contributed by atoms with Crippen molar-refractivity contribution in [2.45, 2.75) is 12.8 Å². The monoisotopic (exact) mass is 456 g/mol. The summed E-state index contributed by atoms with van der Waals surface area (Å²) < 4.78 is 1.04. The van der Waals surface area contributed by atoms with Gasteiger partial charge in [-0.15, -0.1) is 0 Å². The van der Waals surface area contributed by atoms with E-state index >= 15 is 0 Å². The summed E-state index contributed by atoms with van der Waals surface area (Å²) in [6.45, 7) is 0. The van der Waals surface area contributed by atoms with Gasteiger partial charge in [-0.1, -0.05) is 88.7 Å². The maximum absolute atomic E-state index is 11.4. The van der Waals surface area contributed by atoms with E-state index in [4.69, 9.17) is 0 Å². The van der Waals surface area contributed by atoms with Gasteiger partial charge in [0.15, 0.2) is 0 Å². The first-order chi connectivity index (χ1) is 14.6. The molecule has 0 aromatic heterocycles. The Labute approximate surface area is 185 Å². The van der Waals surface area contributed by atoms with Crippen molar-refractivity contribution in [3.8, 4) is 33.4 Å². The fraction of sp³-hybridized carbons (Fsp3) is 0.0741. The largest absolute Gasteiger partial charge is 0.481 e. The lowest BCUT2D eigenvalue weighted by molar-refractivity contribution is -0.136. The van der Waals surface area contributed by atoms with E-state index in [1.165, 1.54) is 0 Å². The standard InChI is InChI=1S/C27H21BrO2/c28-23-13-11-19(12-14-23)22-17-25(20-7-3-1-4-8-20)24(15-16-27(29)30)26(18-22)21-9-5-2-6-10-21/h1-14,17-18H,15-16H2,(H,29,30). The molecule has 0 aliphatic rings. The summed E-state index contributed by atoms with van der Waals surface area (Å²) in [7, 11) is 0. The van der Waals surface area contributed by atoms with E-state index in [-0.39, 0.29) is 6.42 Å². The fourth-order valence-corrected chi connectivity index (χ4v) is 4.00. The average Bonchev–Trinajstić information content (AvgIpc) is 2.79. The van der Waals surface area contributed by atoms with Gasteiger partial charge in [0.25, 0.3) is 0 Å². The lowest BCUT2D eigenvalue weighted by Gasteiger charge is -2.18. The van der Waals surface area contributed by atoms with E-state index in [0.29, 0.717) is 6.42 Å². The molecule has 4 rings (SSSR count). The molecule has 0 aliphatic heterocycles. The Kier molecular flexibility index (Phi) is 6.10. The van der Waals surface area contributed by atoms with E-state index in [9.17, 15) is 9.90 Å². The van der Waals surface area contributed by atoms with Crippen molar-refractivity contribution in [3.05, 3.63) is 107 Å². The first kappa shape index (κ1) is 20.1. The van der Waals surface area contributed by atoms with Crippen LogP contribution in [-0.2, 0) is 11.2 Å². The van der Waals surface area contributed by atoms with Crippen LogP contribution in [0.25, 0.3) is 33.4 Å². The number of halogens is 1. The van der Waals surface area contributed by atoms with Gasteiger partial charge in [0.1, 0.15) is 0 Å². The molecule has 0 saturated heterocycles. The first-order valence-corrected chi connectivity index (χ1v) is 10.7. The van der Waals surface area contributed by atoms with Crippen LogP contribution in [0.2, 0.25) is 0 Å². The van der Waals surface area contributed by atoms with Crippen molar-refractivity contribution in [1.29, 1.82) is 0 Å². The van der Waals surface area contributed by atoms with Crippen LogP contribution in [0.15, 0.2) is 102 Å². The Morgan fingerprint density at radius 3 is 1.63 bits per heavy atom. The van der Waals surface area contributed by atoms with Crippen LogP contribution in [0, 0.1) is 0 Å². The summed E-state index contributed by atoms with van der Waals surface area (Å²) in [5.74, 6) is -0.787. The summed E-state index contributed by atoms with van der Waals surface area (Å²) in [6.07, 6.45) is 0.571.